The van der Waals surface area contributed by atoms with Crippen LogP contribution in [-0.4, -0.2) is 28.7 Å². The van der Waals surface area contributed by atoms with E-state index in [0.717, 1.165) is 49.0 Å². The molecule has 0 atom stereocenters. The predicted molar refractivity (Wildman–Crippen MR) is 101 cm³/mol. The number of primary sulfonamides is 1. The second kappa shape index (κ2) is 6.34. The summed E-state index contributed by atoms with van der Waals surface area (Å²) >= 11 is 1.71. The van der Waals surface area contributed by atoms with E-state index in [4.69, 9.17) is 10.1 Å². The van der Waals surface area contributed by atoms with E-state index in [1.54, 1.807) is 11.3 Å². The van der Waals surface area contributed by atoms with Gasteiger partial charge in [-0.1, -0.05) is 6.92 Å². The Morgan fingerprint density at radius 3 is 2.72 bits per heavy atom. The van der Waals surface area contributed by atoms with Crippen LogP contribution in [0.25, 0.3) is 21.3 Å². The van der Waals surface area contributed by atoms with Crippen molar-refractivity contribution in [3.8, 4) is 0 Å². The molecule has 1 aliphatic carbocycles. The Bertz CT molecular complexity index is 1010. The second-order valence-corrected chi connectivity index (χ2v) is 9.46. The first kappa shape index (κ1) is 16.9. The summed E-state index contributed by atoms with van der Waals surface area (Å²) in [4.78, 5) is 9.32. The van der Waals surface area contributed by atoms with E-state index in [-0.39, 0.29) is 11.7 Å². The van der Waals surface area contributed by atoms with E-state index in [9.17, 15) is 8.42 Å². The van der Waals surface area contributed by atoms with Crippen molar-refractivity contribution in [2.75, 3.05) is 5.75 Å². The van der Waals surface area contributed by atoms with Crippen LogP contribution in [-0.2, 0) is 16.4 Å². The Morgan fingerprint density at radius 1 is 1.28 bits per heavy atom. The van der Waals surface area contributed by atoms with E-state index in [2.05, 4.69) is 21.9 Å². The van der Waals surface area contributed by atoms with Gasteiger partial charge in [0.1, 0.15) is 11.3 Å². The number of fused-ring (bicyclic) bond motifs is 3. The van der Waals surface area contributed by atoms with Gasteiger partial charge < -0.3 is 4.57 Å². The van der Waals surface area contributed by atoms with Gasteiger partial charge in [0.05, 0.1) is 27.7 Å². The Morgan fingerprint density at radius 2 is 2.04 bits per heavy atom. The van der Waals surface area contributed by atoms with Crippen molar-refractivity contribution < 1.29 is 8.42 Å². The Kier molecular flexibility index (Phi) is 4.29. The van der Waals surface area contributed by atoms with Crippen molar-refractivity contribution in [3.63, 3.8) is 0 Å². The maximum atomic E-state index is 11.4. The van der Waals surface area contributed by atoms with E-state index in [0.29, 0.717) is 6.04 Å². The van der Waals surface area contributed by atoms with Crippen LogP contribution < -0.4 is 5.14 Å². The molecule has 0 aromatic carbocycles. The van der Waals surface area contributed by atoms with Crippen LogP contribution >= 0.6 is 11.3 Å². The molecular weight excluding hydrogens is 356 g/mol. The minimum atomic E-state index is -3.39. The van der Waals surface area contributed by atoms with E-state index in [1.165, 1.54) is 10.2 Å². The summed E-state index contributed by atoms with van der Waals surface area (Å²) in [6.45, 7) is 2.13. The zero-order valence-electron chi connectivity index (χ0n) is 14.2. The normalized spacial score (nSPS) is 22.0. The smallest absolute Gasteiger partial charge is 0.209 e. The van der Waals surface area contributed by atoms with Gasteiger partial charge in [0, 0.05) is 12.5 Å². The van der Waals surface area contributed by atoms with Crippen LogP contribution in [0.2, 0.25) is 0 Å². The fraction of sp³-hybridized carbons (Fsp3) is 0.529. The average Bonchev–Trinajstić information content (AvgIpc) is 3.17. The number of sulfonamides is 1. The molecule has 0 radical (unpaired) electrons. The van der Waals surface area contributed by atoms with Crippen molar-refractivity contribution in [1.82, 2.24) is 14.5 Å². The lowest BCUT2D eigenvalue weighted by atomic mass is 9.87. The van der Waals surface area contributed by atoms with Gasteiger partial charge >= 0.3 is 0 Å². The van der Waals surface area contributed by atoms with Crippen LogP contribution in [0.15, 0.2) is 17.6 Å². The van der Waals surface area contributed by atoms with Crippen LogP contribution in [0, 0.1) is 5.92 Å². The molecule has 6 nitrogen and oxygen atoms in total. The molecule has 0 aliphatic heterocycles. The number of aromatic nitrogens is 3. The van der Waals surface area contributed by atoms with Gasteiger partial charge in [-0.2, -0.15) is 0 Å². The zero-order valence-corrected chi connectivity index (χ0v) is 15.8. The number of thiophene rings is 1. The van der Waals surface area contributed by atoms with Crippen LogP contribution in [0.1, 0.15) is 44.5 Å². The quantitative estimate of drug-likeness (QED) is 0.754. The molecular formula is C17H22N4O2S2. The first-order valence-electron chi connectivity index (χ1n) is 8.69. The van der Waals surface area contributed by atoms with Gasteiger partial charge in [-0.3, -0.25) is 4.98 Å². The van der Waals surface area contributed by atoms with Crippen molar-refractivity contribution in [3.05, 3.63) is 23.5 Å². The van der Waals surface area contributed by atoms with Crippen LogP contribution in [0.4, 0.5) is 0 Å². The fourth-order valence-electron chi connectivity index (χ4n) is 4.07. The van der Waals surface area contributed by atoms with E-state index in [1.807, 2.05) is 12.3 Å². The monoisotopic (exact) mass is 378 g/mol. The van der Waals surface area contributed by atoms with Gasteiger partial charge in [-0.25, -0.2) is 18.5 Å². The maximum absolute atomic E-state index is 11.4. The first-order chi connectivity index (χ1) is 12.0. The molecule has 1 aliphatic rings. The number of imidazole rings is 1. The lowest BCUT2D eigenvalue weighted by Gasteiger charge is -2.30. The van der Waals surface area contributed by atoms with Crippen LogP contribution in [0.5, 0.6) is 0 Å². The van der Waals surface area contributed by atoms with Crippen LogP contribution in [0.3, 0.4) is 0 Å². The van der Waals surface area contributed by atoms with Crippen molar-refractivity contribution in [2.24, 2.45) is 11.1 Å². The Hall–Kier alpha value is -1.51. The lowest BCUT2D eigenvalue weighted by molar-refractivity contribution is 0.291. The minimum absolute atomic E-state index is 0.101. The van der Waals surface area contributed by atoms with Gasteiger partial charge in [-0.15, -0.1) is 11.3 Å². The SMILES string of the molecule is CCc1nc2cnc3ccsc3c2n1C1CCC(CS(N)(=O)=O)CC1. The highest BCUT2D eigenvalue weighted by molar-refractivity contribution is 7.89. The van der Waals surface area contributed by atoms with Gasteiger partial charge in [0.2, 0.25) is 10.0 Å². The molecule has 0 bridgehead atoms. The summed E-state index contributed by atoms with van der Waals surface area (Å²) in [7, 11) is -3.39. The molecule has 0 spiro atoms. The number of rotatable bonds is 4. The predicted octanol–water partition coefficient (Wildman–Crippen LogP) is 3.23. The molecule has 3 aromatic heterocycles. The highest BCUT2D eigenvalue weighted by Crippen LogP contribution is 2.38. The third-order valence-electron chi connectivity index (χ3n) is 5.16. The Balaban J connectivity index is 1.70. The molecule has 4 rings (SSSR count). The van der Waals surface area contributed by atoms with Crippen molar-refractivity contribution in [2.45, 2.75) is 45.1 Å². The van der Waals surface area contributed by atoms with Gasteiger partial charge in [-0.05, 0) is 43.0 Å². The second-order valence-electron chi connectivity index (χ2n) is 6.88. The highest BCUT2D eigenvalue weighted by atomic mass is 32.2. The summed E-state index contributed by atoms with van der Waals surface area (Å²) in [5.74, 6) is 1.37. The van der Waals surface area contributed by atoms with Gasteiger partial charge in [0.15, 0.2) is 0 Å². The fourth-order valence-corrected chi connectivity index (χ4v) is 5.95. The number of hydrogen-bond acceptors (Lipinski definition) is 5. The maximum Gasteiger partial charge on any atom is 0.209 e. The average molecular weight is 379 g/mol. The summed E-state index contributed by atoms with van der Waals surface area (Å²) in [5, 5.41) is 7.29. The molecule has 0 amide bonds. The molecule has 134 valence electrons. The minimum Gasteiger partial charge on any atom is -0.324 e. The summed E-state index contributed by atoms with van der Waals surface area (Å²) in [6, 6.07) is 2.41. The molecule has 0 saturated heterocycles. The summed E-state index contributed by atoms with van der Waals surface area (Å²) in [6.07, 6.45) is 6.46. The number of aryl methyl sites for hydroxylation is 1. The molecule has 0 unspecified atom stereocenters. The molecule has 3 heterocycles. The molecule has 2 N–H and O–H groups in total. The molecule has 8 heteroatoms. The molecule has 1 fully saturated rings. The molecule has 25 heavy (non-hydrogen) atoms. The third-order valence-corrected chi connectivity index (χ3v) is 7.01. The topological polar surface area (TPSA) is 90.9 Å². The van der Waals surface area contributed by atoms with Crippen molar-refractivity contribution >= 4 is 42.6 Å². The number of nitrogens with zero attached hydrogens (tertiary/aromatic N) is 3. The third kappa shape index (κ3) is 3.18. The first-order valence-corrected chi connectivity index (χ1v) is 11.3. The largest absolute Gasteiger partial charge is 0.324 e. The lowest BCUT2D eigenvalue weighted by Crippen LogP contribution is -2.27. The summed E-state index contributed by atoms with van der Waals surface area (Å²) < 4.78 is 26.3. The van der Waals surface area contributed by atoms with E-state index >= 15 is 0 Å². The standard InChI is InChI=1S/C17H22N4O2S2/c1-2-15-20-14-9-19-13-7-8-24-17(13)16(14)21(15)12-5-3-11(4-6-12)10-25(18,22)23/h7-9,11-12H,2-6,10H2,1H3,(H2,18,22,23). The number of pyridine rings is 1. The Labute approximate surface area is 151 Å². The van der Waals surface area contributed by atoms with Crippen molar-refractivity contribution in [1.29, 1.82) is 0 Å². The van der Waals surface area contributed by atoms with Gasteiger partial charge in [0.25, 0.3) is 0 Å². The molecule has 3 aromatic rings. The number of nitrogens with two attached hydrogens (primary N) is 1. The number of hydrogen-bond donors (Lipinski definition) is 1. The zero-order chi connectivity index (χ0) is 17.6. The highest BCUT2D eigenvalue weighted by Gasteiger charge is 2.28. The molecule has 1 saturated carbocycles. The summed E-state index contributed by atoms with van der Waals surface area (Å²) in [5.41, 5.74) is 3.16. The van der Waals surface area contributed by atoms with E-state index < -0.39 is 10.0 Å².